The average Bonchev–Trinajstić information content (AvgIpc) is 2.47. The molecular formula is C16H20FN3O. The summed E-state index contributed by atoms with van der Waals surface area (Å²) in [6.07, 6.45) is 1.08. The Balaban J connectivity index is 2.30. The predicted octanol–water partition coefficient (Wildman–Crippen LogP) is 3.10. The molecule has 1 aromatic carbocycles. The molecule has 0 unspecified atom stereocenters. The van der Waals surface area contributed by atoms with E-state index in [0.29, 0.717) is 12.4 Å². The molecule has 0 aliphatic carbocycles. The molecule has 5 heteroatoms. The molecule has 1 heterocycles. The summed E-state index contributed by atoms with van der Waals surface area (Å²) in [6, 6.07) is 6.60. The SMILES string of the molecule is CCCNCc1cc(C)nc(-c2ccc(F)c(OC)c2)n1. The fraction of sp³-hybridized carbons (Fsp3) is 0.375. The molecule has 0 aliphatic rings. The second kappa shape index (κ2) is 7.13. The number of nitrogens with one attached hydrogen (secondary N) is 1. The largest absolute Gasteiger partial charge is 0.494 e. The molecule has 1 N–H and O–H groups in total. The Labute approximate surface area is 124 Å². The van der Waals surface area contributed by atoms with Gasteiger partial charge in [-0.3, -0.25) is 0 Å². The van der Waals surface area contributed by atoms with E-state index in [9.17, 15) is 4.39 Å². The minimum atomic E-state index is -0.390. The van der Waals surface area contributed by atoms with Crippen LogP contribution in [-0.2, 0) is 6.54 Å². The molecule has 4 nitrogen and oxygen atoms in total. The molecule has 0 spiro atoms. The van der Waals surface area contributed by atoms with Gasteiger partial charge in [0.1, 0.15) is 0 Å². The van der Waals surface area contributed by atoms with E-state index in [1.807, 2.05) is 13.0 Å². The van der Waals surface area contributed by atoms with Crippen LogP contribution in [0.25, 0.3) is 11.4 Å². The van der Waals surface area contributed by atoms with Gasteiger partial charge in [0.2, 0.25) is 0 Å². The zero-order valence-corrected chi connectivity index (χ0v) is 12.6. The molecular weight excluding hydrogens is 269 g/mol. The molecule has 21 heavy (non-hydrogen) atoms. The van der Waals surface area contributed by atoms with E-state index in [4.69, 9.17) is 4.74 Å². The Hall–Kier alpha value is -2.01. The normalized spacial score (nSPS) is 10.7. The van der Waals surface area contributed by atoms with Crippen LogP contribution in [0.15, 0.2) is 24.3 Å². The first-order valence-corrected chi connectivity index (χ1v) is 7.03. The average molecular weight is 289 g/mol. The number of rotatable bonds is 6. The van der Waals surface area contributed by atoms with Crippen molar-refractivity contribution in [1.29, 1.82) is 0 Å². The molecule has 1 aromatic heterocycles. The molecule has 0 bridgehead atoms. The van der Waals surface area contributed by atoms with Crippen LogP contribution >= 0.6 is 0 Å². The number of hydrogen-bond acceptors (Lipinski definition) is 4. The zero-order chi connectivity index (χ0) is 15.2. The molecule has 0 saturated carbocycles. The lowest BCUT2D eigenvalue weighted by Crippen LogP contribution is -2.15. The van der Waals surface area contributed by atoms with E-state index < -0.39 is 5.82 Å². The van der Waals surface area contributed by atoms with E-state index in [1.54, 1.807) is 12.1 Å². The molecule has 2 aromatic rings. The number of benzene rings is 1. The summed E-state index contributed by atoms with van der Waals surface area (Å²) in [5, 5.41) is 3.31. The summed E-state index contributed by atoms with van der Waals surface area (Å²) in [5.41, 5.74) is 2.56. The maximum absolute atomic E-state index is 13.5. The van der Waals surface area contributed by atoms with Crippen molar-refractivity contribution < 1.29 is 9.13 Å². The van der Waals surface area contributed by atoms with Crippen molar-refractivity contribution in [2.45, 2.75) is 26.8 Å². The molecule has 0 amide bonds. The van der Waals surface area contributed by atoms with Crippen molar-refractivity contribution in [3.63, 3.8) is 0 Å². The highest BCUT2D eigenvalue weighted by Crippen LogP contribution is 2.24. The minimum absolute atomic E-state index is 0.197. The van der Waals surface area contributed by atoms with Crippen molar-refractivity contribution in [2.24, 2.45) is 0 Å². The van der Waals surface area contributed by atoms with Gasteiger partial charge in [-0.15, -0.1) is 0 Å². The number of nitrogens with zero attached hydrogens (tertiary/aromatic N) is 2. The minimum Gasteiger partial charge on any atom is -0.494 e. The van der Waals surface area contributed by atoms with Crippen molar-refractivity contribution >= 4 is 0 Å². The fourth-order valence-electron chi connectivity index (χ4n) is 2.05. The molecule has 112 valence electrons. The van der Waals surface area contributed by atoms with Crippen molar-refractivity contribution in [1.82, 2.24) is 15.3 Å². The lowest BCUT2D eigenvalue weighted by atomic mass is 10.2. The first-order chi connectivity index (χ1) is 10.1. The van der Waals surface area contributed by atoms with Gasteiger partial charge in [0, 0.05) is 17.8 Å². The van der Waals surface area contributed by atoms with Crippen LogP contribution in [0, 0.1) is 12.7 Å². The van der Waals surface area contributed by atoms with Crippen LogP contribution in [0.4, 0.5) is 4.39 Å². The monoisotopic (exact) mass is 289 g/mol. The van der Waals surface area contributed by atoms with Gasteiger partial charge in [0.05, 0.1) is 12.8 Å². The fourth-order valence-corrected chi connectivity index (χ4v) is 2.05. The third-order valence-corrected chi connectivity index (χ3v) is 3.05. The van der Waals surface area contributed by atoms with Crippen molar-refractivity contribution in [2.75, 3.05) is 13.7 Å². The summed E-state index contributed by atoms with van der Waals surface area (Å²) in [5.74, 6) is 0.392. The van der Waals surface area contributed by atoms with Crippen LogP contribution < -0.4 is 10.1 Å². The Morgan fingerprint density at radius 1 is 1.24 bits per heavy atom. The van der Waals surface area contributed by atoms with E-state index in [2.05, 4.69) is 22.2 Å². The second-order valence-corrected chi connectivity index (χ2v) is 4.85. The van der Waals surface area contributed by atoms with Crippen LogP contribution in [0.3, 0.4) is 0 Å². The second-order valence-electron chi connectivity index (χ2n) is 4.85. The predicted molar refractivity (Wildman–Crippen MR) is 80.7 cm³/mol. The highest BCUT2D eigenvalue weighted by Gasteiger charge is 2.09. The van der Waals surface area contributed by atoms with E-state index in [0.717, 1.165) is 29.9 Å². The van der Waals surface area contributed by atoms with Gasteiger partial charge in [-0.1, -0.05) is 6.92 Å². The maximum atomic E-state index is 13.5. The number of hydrogen-bond donors (Lipinski definition) is 1. The number of aromatic nitrogens is 2. The molecule has 0 atom stereocenters. The summed E-state index contributed by atoms with van der Waals surface area (Å²) in [4.78, 5) is 8.95. The Bertz CT molecular complexity index is 616. The standard InChI is InChI=1S/C16H20FN3O/c1-4-7-18-10-13-8-11(2)19-16(20-13)12-5-6-14(17)15(9-12)21-3/h5-6,8-9,18H,4,7,10H2,1-3H3. The Kier molecular flexibility index (Phi) is 5.22. The van der Waals surface area contributed by atoms with Gasteiger partial charge in [0.25, 0.3) is 0 Å². The number of aryl methyl sites for hydroxylation is 1. The van der Waals surface area contributed by atoms with Gasteiger partial charge in [-0.05, 0) is 44.2 Å². The molecule has 0 aliphatic heterocycles. The van der Waals surface area contributed by atoms with Crippen molar-refractivity contribution in [3.8, 4) is 17.1 Å². The van der Waals surface area contributed by atoms with Crippen LogP contribution in [0.5, 0.6) is 5.75 Å². The third-order valence-electron chi connectivity index (χ3n) is 3.05. The summed E-state index contributed by atoms with van der Waals surface area (Å²) >= 11 is 0. The maximum Gasteiger partial charge on any atom is 0.165 e. The Morgan fingerprint density at radius 2 is 2.05 bits per heavy atom. The number of ether oxygens (including phenoxy) is 1. The van der Waals surface area contributed by atoms with Gasteiger partial charge in [-0.2, -0.15) is 0 Å². The van der Waals surface area contributed by atoms with Crippen molar-refractivity contribution in [3.05, 3.63) is 41.5 Å². The van der Waals surface area contributed by atoms with E-state index >= 15 is 0 Å². The number of halogens is 1. The zero-order valence-electron chi connectivity index (χ0n) is 12.6. The third kappa shape index (κ3) is 3.98. The topological polar surface area (TPSA) is 47.0 Å². The molecule has 2 rings (SSSR count). The van der Waals surface area contributed by atoms with E-state index in [1.165, 1.54) is 13.2 Å². The smallest absolute Gasteiger partial charge is 0.165 e. The Morgan fingerprint density at radius 3 is 2.76 bits per heavy atom. The van der Waals surface area contributed by atoms with Crippen LogP contribution in [0.1, 0.15) is 24.7 Å². The first kappa shape index (κ1) is 15.4. The lowest BCUT2D eigenvalue weighted by Gasteiger charge is -2.08. The van der Waals surface area contributed by atoms with Crippen LogP contribution in [0.2, 0.25) is 0 Å². The molecule has 0 radical (unpaired) electrons. The summed E-state index contributed by atoms with van der Waals surface area (Å²) in [7, 11) is 1.44. The number of methoxy groups -OCH3 is 1. The van der Waals surface area contributed by atoms with Crippen LogP contribution in [-0.4, -0.2) is 23.6 Å². The van der Waals surface area contributed by atoms with Gasteiger partial charge in [0.15, 0.2) is 17.4 Å². The molecule has 0 fully saturated rings. The van der Waals surface area contributed by atoms with Gasteiger partial charge < -0.3 is 10.1 Å². The highest BCUT2D eigenvalue weighted by atomic mass is 19.1. The highest BCUT2D eigenvalue weighted by molar-refractivity contribution is 5.58. The summed E-state index contributed by atoms with van der Waals surface area (Å²) < 4.78 is 18.5. The lowest BCUT2D eigenvalue weighted by molar-refractivity contribution is 0.386. The summed E-state index contributed by atoms with van der Waals surface area (Å²) in [6.45, 7) is 5.69. The quantitative estimate of drug-likeness (QED) is 0.830. The first-order valence-electron chi connectivity index (χ1n) is 7.03. The van der Waals surface area contributed by atoms with E-state index in [-0.39, 0.29) is 5.75 Å². The molecule has 0 saturated heterocycles. The van der Waals surface area contributed by atoms with Gasteiger partial charge >= 0.3 is 0 Å². The van der Waals surface area contributed by atoms with Gasteiger partial charge in [-0.25, -0.2) is 14.4 Å².